The minimum absolute atomic E-state index is 0.228. The van der Waals surface area contributed by atoms with Crippen molar-refractivity contribution in [3.05, 3.63) is 48.3 Å². The zero-order valence-corrected chi connectivity index (χ0v) is 10.7. The average molecular weight is 260 g/mol. The van der Waals surface area contributed by atoms with E-state index in [1.165, 1.54) is 4.90 Å². The molecule has 1 heterocycles. The van der Waals surface area contributed by atoms with E-state index in [1.807, 2.05) is 30.3 Å². The van der Waals surface area contributed by atoms with Crippen LogP contribution in [-0.2, 0) is 16.1 Å². The summed E-state index contributed by atoms with van der Waals surface area (Å²) in [5.74, 6) is 0. The zero-order chi connectivity index (χ0) is 13.7. The molecule has 0 aromatic heterocycles. The van der Waals surface area contributed by atoms with Crippen LogP contribution in [0.25, 0.3) is 0 Å². The van der Waals surface area contributed by atoms with Gasteiger partial charge in [0.25, 0.3) is 0 Å². The summed E-state index contributed by atoms with van der Waals surface area (Å²) in [7, 11) is 1.79. The third-order valence-corrected chi connectivity index (χ3v) is 2.99. The minimum Gasteiger partial charge on any atom is -0.444 e. The van der Waals surface area contributed by atoms with Gasteiger partial charge in [-0.3, -0.25) is 4.90 Å². The Morgan fingerprint density at radius 1 is 1.37 bits per heavy atom. The quantitative estimate of drug-likeness (QED) is 0.775. The van der Waals surface area contributed by atoms with Gasteiger partial charge in [-0.15, -0.1) is 0 Å². The highest BCUT2D eigenvalue weighted by atomic mass is 16.6. The second-order valence-electron chi connectivity index (χ2n) is 4.36. The lowest BCUT2D eigenvalue weighted by molar-refractivity contribution is -0.111. The van der Waals surface area contributed by atoms with Crippen molar-refractivity contribution < 1.29 is 14.3 Å². The topological polar surface area (TPSA) is 49.9 Å². The van der Waals surface area contributed by atoms with Crippen molar-refractivity contribution in [2.75, 3.05) is 13.6 Å². The monoisotopic (exact) mass is 260 g/mol. The summed E-state index contributed by atoms with van der Waals surface area (Å²) in [6, 6.07) is 9.14. The summed E-state index contributed by atoms with van der Waals surface area (Å²) in [6.45, 7) is 0.537. The summed E-state index contributed by atoms with van der Waals surface area (Å²) in [6.07, 6.45) is 3.68. The Labute approximate surface area is 112 Å². The van der Waals surface area contributed by atoms with Crippen molar-refractivity contribution in [3.63, 3.8) is 0 Å². The highest BCUT2D eigenvalue weighted by Gasteiger charge is 2.23. The molecule has 0 aliphatic carbocycles. The number of benzene rings is 1. The average Bonchev–Trinajstić information content (AvgIpc) is 2.46. The molecule has 19 heavy (non-hydrogen) atoms. The zero-order valence-electron chi connectivity index (χ0n) is 10.7. The molecule has 0 N–H and O–H groups in total. The number of likely N-dealkylation sites (N-methyl/N-ethyl adjacent to an activating group) is 1. The van der Waals surface area contributed by atoms with Crippen LogP contribution in [0.15, 0.2) is 42.7 Å². The fourth-order valence-electron chi connectivity index (χ4n) is 1.76. The Hall–Kier alpha value is -2.30. The summed E-state index contributed by atoms with van der Waals surface area (Å²) in [4.78, 5) is 25.9. The third-order valence-electron chi connectivity index (χ3n) is 2.99. The second-order valence-corrected chi connectivity index (χ2v) is 4.36. The van der Waals surface area contributed by atoms with E-state index in [-0.39, 0.29) is 12.6 Å². The summed E-state index contributed by atoms with van der Waals surface area (Å²) >= 11 is 0. The van der Waals surface area contributed by atoms with Gasteiger partial charge < -0.3 is 14.4 Å². The first kappa shape index (κ1) is 13.1. The molecule has 5 heteroatoms. The van der Waals surface area contributed by atoms with E-state index >= 15 is 0 Å². The van der Waals surface area contributed by atoms with Crippen LogP contribution in [0.3, 0.4) is 0 Å². The van der Waals surface area contributed by atoms with Crippen LogP contribution >= 0.6 is 0 Å². The van der Waals surface area contributed by atoms with Gasteiger partial charge in [0.2, 0.25) is 0 Å². The lowest BCUT2D eigenvalue weighted by Crippen LogP contribution is -2.45. The van der Waals surface area contributed by atoms with Gasteiger partial charge in [-0.25, -0.2) is 4.79 Å². The summed E-state index contributed by atoms with van der Waals surface area (Å²) < 4.78 is 5.20. The third kappa shape index (κ3) is 3.34. The molecule has 1 atom stereocenters. The van der Waals surface area contributed by atoms with Gasteiger partial charge in [-0.1, -0.05) is 30.3 Å². The molecule has 0 radical (unpaired) electrons. The number of ether oxygens (including phenoxy) is 1. The van der Waals surface area contributed by atoms with E-state index in [0.717, 1.165) is 11.8 Å². The number of rotatable bonds is 3. The summed E-state index contributed by atoms with van der Waals surface area (Å²) in [5.41, 5.74) is 0.931. The molecule has 0 fully saturated rings. The molecule has 1 aliphatic rings. The Bertz CT molecular complexity index is 473. The number of hydrogen-bond donors (Lipinski definition) is 0. The van der Waals surface area contributed by atoms with E-state index < -0.39 is 6.09 Å². The standard InChI is InChI=1S/C14H16N2O3/c1-15-7-8-16(9-13(15)10-17)14(18)19-11-12-5-3-2-4-6-12/h2-8,10,13H,9,11H2,1H3. The van der Waals surface area contributed by atoms with Gasteiger partial charge in [0, 0.05) is 19.4 Å². The highest BCUT2D eigenvalue weighted by molar-refractivity contribution is 5.70. The maximum atomic E-state index is 11.9. The van der Waals surface area contributed by atoms with Crippen LogP contribution in [0, 0.1) is 0 Å². The minimum atomic E-state index is -0.444. The van der Waals surface area contributed by atoms with Crippen molar-refractivity contribution >= 4 is 12.4 Å². The van der Waals surface area contributed by atoms with Crippen molar-refractivity contribution in [2.45, 2.75) is 12.6 Å². The van der Waals surface area contributed by atoms with Crippen molar-refractivity contribution in [3.8, 4) is 0 Å². The maximum Gasteiger partial charge on any atom is 0.414 e. The van der Waals surface area contributed by atoms with Crippen molar-refractivity contribution in [1.82, 2.24) is 9.80 Å². The van der Waals surface area contributed by atoms with Gasteiger partial charge in [0.15, 0.2) is 0 Å². The molecule has 0 saturated heterocycles. The largest absolute Gasteiger partial charge is 0.444 e. The molecule has 5 nitrogen and oxygen atoms in total. The fourth-order valence-corrected chi connectivity index (χ4v) is 1.76. The fraction of sp³-hybridized carbons (Fsp3) is 0.286. The lowest BCUT2D eigenvalue weighted by Gasteiger charge is -2.31. The van der Waals surface area contributed by atoms with Gasteiger partial charge >= 0.3 is 6.09 Å². The number of hydrogen-bond acceptors (Lipinski definition) is 4. The van der Waals surface area contributed by atoms with Gasteiger partial charge in [0.1, 0.15) is 18.9 Å². The Morgan fingerprint density at radius 3 is 2.79 bits per heavy atom. The van der Waals surface area contributed by atoms with Gasteiger partial charge in [-0.05, 0) is 5.56 Å². The van der Waals surface area contributed by atoms with E-state index in [9.17, 15) is 9.59 Å². The smallest absolute Gasteiger partial charge is 0.414 e. The molecule has 2 rings (SSSR count). The van der Waals surface area contributed by atoms with E-state index in [1.54, 1.807) is 24.3 Å². The molecule has 0 bridgehead atoms. The van der Waals surface area contributed by atoms with E-state index in [0.29, 0.717) is 6.54 Å². The lowest BCUT2D eigenvalue weighted by atomic mass is 10.2. The first-order chi connectivity index (χ1) is 9.20. The number of carbonyl (C=O) groups excluding carboxylic acids is 2. The van der Waals surface area contributed by atoms with E-state index in [2.05, 4.69) is 0 Å². The number of amides is 1. The van der Waals surface area contributed by atoms with Crippen LogP contribution in [-0.4, -0.2) is 41.8 Å². The Kier molecular flexibility index (Phi) is 4.18. The highest BCUT2D eigenvalue weighted by Crippen LogP contribution is 2.10. The predicted molar refractivity (Wildman–Crippen MR) is 70.1 cm³/mol. The van der Waals surface area contributed by atoms with Gasteiger partial charge in [-0.2, -0.15) is 0 Å². The molecule has 1 aromatic rings. The Balaban J connectivity index is 1.90. The molecule has 100 valence electrons. The van der Waals surface area contributed by atoms with Crippen molar-refractivity contribution in [2.24, 2.45) is 0 Å². The predicted octanol–water partition coefficient (Wildman–Crippen LogP) is 1.61. The van der Waals surface area contributed by atoms with E-state index in [4.69, 9.17) is 4.74 Å². The van der Waals surface area contributed by atoms with Crippen LogP contribution in [0.4, 0.5) is 4.79 Å². The number of aldehydes is 1. The Morgan fingerprint density at radius 2 is 2.11 bits per heavy atom. The molecular formula is C14H16N2O3. The molecular weight excluding hydrogens is 244 g/mol. The maximum absolute atomic E-state index is 11.9. The first-order valence-corrected chi connectivity index (χ1v) is 6.03. The number of nitrogens with zero attached hydrogens (tertiary/aromatic N) is 2. The molecule has 1 amide bonds. The first-order valence-electron chi connectivity index (χ1n) is 6.03. The second kappa shape index (κ2) is 6.04. The van der Waals surface area contributed by atoms with Crippen LogP contribution < -0.4 is 0 Å². The molecule has 1 aliphatic heterocycles. The summed E-state index contributed by atoms with van der Waals surface area (Å²) in [5, 5.41) is 0. The van der Waals surface area contributed by atoms with Crippen molar-refractivity contribution in [1.29, 1.82) is 0 Å². The molecule has 1 aromatic carbocycles. The van der Waals surface area contributed by atoms with Gasteiger partial charge in [0.05, 0.1) is 6.54 Å². The molecule has 0 saturated carbocycles. The number of carbonyl (C=O) groups is 2. The normalized spacial score (nSPS) is 18.3. The molecule has 1 unspecified atom stereocenters. The van der Waals surface area contributed by atoms with Crippen LogP contribution in [0.1, 0.15) is 5.56 Å². The SMILES string of the molecule is CN1C=CN(C(=O)OCc2ccccc2)CC1C=O. The van der Waals surface area contributed by atoms with Crippen LogP contribution in [0.2, 0.25) is 0 Å². The van der Waals surface area contributed by atoms with Crippen LogP contribution in [0.5, 0.6) is 0 Å². The molecule has 0 spiro atoms.